The molecule has 4 rings (SSSR count). The van der Waals surface area contributed by atoms with E-state index >= 15 is 0 Å². The molecule has 0 saturated heterocycles. The van der Waals surface area contributed by atoms with Crippen molar-refractivity contribution in [1.82, 2.24) is 14.6 Å². The Labute approximate surface area is 134 Å². The molecule has 0 saturated carbocycles. The smallest absolute Gasteiger partial charge is 0.219 e. The van der Waals surface area contributed by atoms with Crippen LogP contribution in [0.5, 0.6) is 5.88 Å². The monoisotopic (exact) mass is 329 g/mol. The first-order valence-corrected chi connectivity index (χ1v) is 7.12. The number of hydrogen-bond acceptors (Lipinski definition) is 3. The lowest BCUT2D eigenvalue weighted by molar-refractivity contribution is 0.427. The Bertz CT molecular complexity index is 1010. The summed E-state index contributed by atoms with van der Waals surface area (Å²) in [7, 11) is 0. The van der Waals surface area contributed by atoms with E-state index in [0.717, 1.165) is 17.7 Å². The van der Waals surface area contributed by atoms with Crippen molar-refractivity contribution in [2.24, 2.45) is 0 Å². The summed E-state index contributed by atoms with van der Waals surface area (Å²) in [5.74, 6) is -4.25. The molecule has 0 unspecified atom stereocenters. The molecule has 1 N–H and O–H groups in total. The Balaban J connectivity index is 1.87. The van der Waals surface area contributed by atoms with Crippen LogP contribution in [0.4, 0.5) is 13.2 Å². The average Bonchev–Trinajstić information content (AvgIpc) is 2.95. The average molecular weight is 329 g/mol. The van der Waals surface area contributed by atoms with Gasteiger partial charge in [-0.1, -0.05) is 18.2 Å². The van der Waals surface area contributed by atoms with E-state index in [1.807, 2.05) is 18.2 Å². The van der Waals surface area contributed by atoms with Crippen LogP contribution in [0.1, 0.15) is 16.8 Å². The molecule has 0 bridgehead atoms. The molecule has 24 heavy (non-hydrogen) atoms. The molecule has 1 aliphatic carbocycles. The van der Waals surface area contributed by atoms with Crippen LogP contribution in [-0.4, -0.2) is 19.7 Å². The van der Waals surface area contributed by atoms with Crippen molar-refractivity contribution in [2.75, 3.05) is 0 Å². The number of benzene rings is 1. The molecule has 0 atom stereocenters. The summed E-state index contributed by atoms with van der Waals surface area (Å²) in [4.78, 5) is 4.44. The lowest BCUT2D eigenvalue weighted by atomic mass is 9.96. The third-order valence-electron chi connectivity index (χ3n) is 3.85. The van der Waals surface area contributed by atoms with Crippen LogP contribution in [0, 0.1) is 17.5 Å². The van der Waals surface area contributed by atoms with E-state index in [1.165, 1.54) is 10.7 Å². The summed E-state index contributed by atoms with van der Waals surface area (Å²) < 4.78 is 41.3. The van der Waals surface area contributed by atoms with Crippen LogP contribution in [0.15, 0.2) is 42.6 Å². The van der Waals surface area contributed by atoms with Crippen molar-refractivity contribution in [3.63, 3.8) is 0 Å². The molecular formula is C17H10F3N3O. The van der Waals surface area contributed by atoms with E-state index in [4.69, 9.17) is 0 Å². The largest absolute Gasteiger partial charge is 0.493 e. The van der Waals surface area contributed by atoms with Gasteiger partial charge in [-0.15, -0.1) is 0 Å². The molecule has 3 aromatic rings. The second-order valence-corrected chi connectivity index (χ2v) is 5.40. The molecule has 0 fully saturated rings. The summed E-state index contributed by atoms with van der Waals surface area (Å²) in [6, 6.07) is 3.44. The van der Waals surface area contributed by atoms with E-state index in [9.17, 15) is 18.3 Å². The van der Waals surface area contributed by atoms with Crippen LogP contribution in [-0.2, 0) is 6.42 Å². The SMILES string of the molecule is Oc1c(Cc2cc(F)c(F)c(F)c2)c(C2=CC=C2)nc2ccnn12. The van der Waals surface area contributed by atoms with E-state index in [0.29, 0.717) is 16.9 Å². The van der Waals surface area contributed by atoms with Gasteiger partial charge >= 0.3 is 0 Å². The number of fused-ring (bicyclic) bond motifs is 1. The summed E-state index contributed by atoms with van der Waals surface area (Å²) in [6.45, 7) is 0. The molecule has 0 amide bonds. The van der Waals surface area contributed by atoms with Gasteiger partial charge < -0.3 is 5.11 Å². The Morgan fingerprint density at radius 3 is 2.46 bits per heavy atom. The molecule has 0 radical (unpaired) electrons. The van der Waals surface area contributed by atoms with E-state index in [2.05, 4.69) is 10.1 Å². The standard InChI is InChI=1S/C17H10F3N3O/c18-12-7-9(8-13(19)15(12)20)6-11-16(10-2-1-3-10)22-14-4-5-21-23(14)17(11)24/h1-5,7-8,24H,6H2. The first-order chi connectivity index (χ1) is 11.5. The van der Waals surface area contributed by atoms with Crippen LogP contribution in [0.25, 0.3) is 11.2 Å². The normalized spacial score (nSPS) is 13.2. The molecule has 2 heterocycles. The van der Waals surface area contributed by atoms with E-state index < -0.39 is 17.5 Å². The van der Waals surface area contributed by atoms with Gasteiger partial charge in [0.2, 0.25) is 5.88 Å². The van der Waals surface area contributed by atoms with Gasteiger partial charge in [0.1, 0.15) is 0 Å². The van der Waals surface area contributed by atoms with Gasteiger partial charge in [-0.3, -0.25) is 0 Å². The third-order valence-corrected chi connectivity index (χ3v) is 3.85. The Morgan fingerprint density at radius 2 is 1.83 bits per heavy atom. The van der Waals surface area contributed by atoms with Crippen molar-refractivity contribution in [1.29, 1.82) is 0 Å². The maximum absolute atomic E-state index is 13.4. The zero-order chi connectivity index (χ0) is 16.8. The molecule has 7 heteroatoms. The van der Waals surface area contributed by atoms with Crippen molar-refractivity contribution in [3.8, 4) is 5.88 Å². The van der Waals surface area contributed by atoms with Crippen LogP contribution in [0.3, 0.4) is 0 Å². The highest BCUT2D eigenvalue weighted by atomic mass is 19.2. The van der Waals surface area contributed by atoms with Crippen LogP contribution in [0.2, 0.25) is 0 Å². The maximum Gasteiger partial charge on any atom is 0.219 e. The molecule has 2 aromatic heterocycles. The fourth-order valence-electron chi connectivity index (χ4n) is 2.63. The number of halogens is 3. The number of aromatic nitrogens is 3. The Hall–Kier alpha value is -3.09. The van der Waals surface area contributed by atoms with Crippen LogP contribution >= 0.6 is 0 Å². The number of hydrogen-bond donors (Lipinski definition) is 1. The van der Waals surface area contributed by atoms with Gasteiger partial charge in [0.25, 0.3) is 0 Å². The fourth-order valence-corrected chi connectivity index (χ4v) is 2.63. The highest BCUT2D eigenvalue weighted by molar-refractivity contribution is 5.82. The highest BCUT2D eigenvalue weighted by Crippen LogP contribution is 2.32. The number of allylic oxidation sites excluding steroid dienone is 4. The van der Waals surface area contributed by atoms with Crippen molar-refractivity contribution >= 4 is 11.2 Å². The topological polar surface area (TPSA) is 50.4 Å². The molecule has 1 aliphatic rings. The molecule has 120 valence electrons. The highest BCUT2D eigenvalue weighted by Gasteiger charge is 2.20. The maximum atomic E-state index is 13.4. The van der Waals surface area contributed by atoms with E-state index in [-0.39, 0.29) is 17.9 Å². The first kappa shape index (κ1) is 14.5. The second kappa shape index (κ2) is 5.23. The minimum atomic E-state index is -1.52. The third kappa shape index (κ3) is 2.17. The Morgan fingerprint density at radius 1 is 1.12 bits per heavy atom. The minimum Gasteiger partial charge on any atom is -0.493 e. The van der Waals surface area contributed by atoms with Gasteiger partial charge in [-0.25, -0.2) is 18.2 Å². The molecule has 4 nitrogen and oxygen atoms in total. The fraction of sp³-hybridized carbons (Fsp3) is 0.0588. The summed E-state index contributed by atoms with van der Waals surface area (Å²) in [5, 5.41) is 14.5. The molecule has 0 aliphatic heterocycles. The minimum absolute atomic E-state index is 0.0245. The Kier molecular flexibility index (Phi) is 3.16. The molecule has 1 aromatic carbocycles. The lowest BCUT2D eigenvalue weighted by Crippen LogP contribution is -2.06. The lowest BCUT2D eigenvalue weighted by Gasteiger charge is -2.15. The van der Waals surface area contributed by atoms with Crippen molar-refractivity contribution in [2.45, 2.75) is 6.42 Å². The predicted molar refractivity (Wildman–Crippen MR) is 80.9 cm³/mol. The molecule has 0 spiro atoms. The predicted octanol–water partition coefficient (Wildman–Crippen LogP) is 3.40. The zero-order valence-electron chi connectivity index (χ0n) is 12.2. The van der Waals surface area contributed by atoms with Crippen LogP contribution < -0.4 is 0 Å². The molecular weight excluding hydrogens is 319 g/mol. The van der Waals surface area contributed by atoms with Crippen molar-refractivity contribution in [3.05, 3.63) is 76.9 Å². The summed E-state index contributed by atoms with van der Waals surface area (Å²) in [6.07, 6.45) is 6.89. The zero-order valence-corrected chi connectivity index (χ0v) is 12.2. The number of nitrogens with zero attached hydrogens (tertiary/aromatic N) is 3. The first-order valence-electron chi connectivity index (χ1n) is 7.12. The summed E-state index contributed by atoms with van der Waals surface area (Å²) >= 11 is 0. The van der Waals surface area contributed by atoms with Gasteiger partial charge in [0.15, 0.2) is 23.1 Å². The number of rotatable bonds is 3. The van der Waals surface area contributed by atoms with Gasteiger partial charge in [-0.2, -0.15) is 9.61 Å². The quantitative estimate of drug-likeness (QED) is 0.749. The second-order valence-electron chi connectivity index (χ2n) is 5.40. The van der Waals surface area contributed by atoms with Gasteiger partial charge in [0, 0.05) is 23.6 Å². The van der Waals surface area contributed by atoms with Gasteiger partial charge in [-0.05, 0) is 17.7 Å². The number of aromatic hydroxyl groups is 1. The summed E-state index contributed by atoms with van der Waals surface area (Å²) in [5.41, 5.74) is 2.26. The van der Waals surface area contributed by atoms with Crippen molar-refractivity contribution < 1.29 is 18.3 Å². The van der Waals surface area contributed by atoms with E-state index in [1.54, 1.807) is 6.07 Å². The van der Waals surface area contributed by atoms with Gasteiger partial charge in [0.05, 0.1) is 11.9 Å².